The lowest BCUT2D eigenvalue weighted by molar-refractivity contribution is 0.0732. The number of fused-ring (bicyclic) bond motifs is 1. The number of aromatic hydroxyl groups is 1. The normalized spacial score (nSPS) is 13.2. The summed E-state index contributed by atoms with van der Waals surface area (Å²) in [4.78, 5) is 22.9. The summed E-state index contributed by atoms with van der Waals surface area (Å²) >= 11 is 0. The maximum atomic E-state index is 12.9. The number of nitrogens with one attached hydrogen (secondary N) is 1. The second-order valence-electron chi connectivity index (χ2n) is 6.97. The van der Waals surface area contributed by atoms with Crippen molar-refractivity contribution in [3.63, 3.8) is 0 Å². The summed E-state index contributed by atoms with van der Waals surface area (Å²) in [5.74, 6) is 0.787. The molecule has 2 aromatic carbocycles. The molecule has 1 amide bonds. The Hall–Kier alpha value is -3.61. The quantitative estimate of drug-likeness (QED) is 0.714. The lowest BCUT2D eigenvalue weighted by Gasteiger charge is -2.20. The number of hydrogen-bond donors (Lipinski definition) is 2. The first kappa shape index (κ1) is 18.7. The molecule has 7 nitrogen and oxygen atoms in total. The summed E-state index contributed by atoms with van der Waals surface area (Å²) in [5, 5.41) is 13.4. The summed E-state index contributed by atoms with van der Waals surface area (Å²) in [5.41, 5.74) is 4.21. The van der Waals surface area contributed by atoms with Crippen molar-refractivity contribution < 1.29 is 14.6 Å². The van der Waals surface area contributed by atoms with E-state index in [1.54, 1.807) is 18.0 Å². The number of carbonyl (C=O) groups is 1. The molecule has 0 fully saturated rings. The molecule has 1 aliphatic rings. The minimum atomic E-state index is -0.177. The van der Waals surface area contributed by atoms with E-state index in [2.05, 4.69) is 15.3 Å². The third-order valence-corrected chi connectivity index (χ3v) is 4.91. The third kappa shape index (κ3) is 3.85. The van der Waals surface area contributed by atoms with Crippen LogP contribution in [0.1, 0.15) is 21.5 Å². The van der Waals surface area contributed by atoms with Crippen molar-refractivity contribution in [2.75, 3.05) is 25.5 Å². The van der Waals surface area contributed by atoms with Gasteiger partial charge in [-0.15, -0.1) is 0 Å². The molecule has 1 aliphatic heterocycles. The summed E-state index contributed by atoms with van der Waals surface area (Å²) < 4.78 is 5.76. The number of carbonyl (C=O) groups excluding carboxylic acids is 1. The summed E-state index contributed by atoms with van der Waals surface area (Å²) in [6.45, 7) is 3.06. The molecule has 0 saturated carbocycles. The minimum absolute atomic E-state index is 0.0779. The van der Waals surface area contributed by atoms with Gasteiger partial charge in [0, 0.05) is 31.5 Å². The van der Waals surface area contributed by atoms with Crippen LogP contribution in [0.4, 0.5) is 5.95 Å². The van der Waals surface area contributed by atoms with Crippen LogP contribution in [-0.4, -0.2) is 46.1 Å². The van der Waals surface area contributed by atoms with E-state index in [4.69, 9.17) is 4.74 Å². The molecule has 0 unspecified atom stereocenters. The zero-order valence-corrected chi connectivity index (χ0v) is 16.3. The van der Waals surface area contributed by atoms with Gasteiger partial charge in [0.1, 0.15) is 6.61 Å². The molecule has 0 saturated heterocycles. The van der Waals surface area contributed by atoms with E-state index in [0.29, 0.717) is 37.0 Å². The fraction of sp³-hybridized carbons (Fsp3) is 0.227. The van der Waals surface area contributed by atoms with Crippen molar-refractivity contribution in [1.29, 1.82) is 0 Å². The third-order valence-electron chi connectivity index (χ3n) is 4.91. The number of hydrogen-bond acceptors (Lipinski definition) is 6. The van der Waals surface area contributed by atoms with Gasteiger partial charge in [0.05, 0.1) is 12.1 Å². The number of aryl methyl sites for hydroxylation is 1. The van der Waals surface area contributed by atoms with Crippen molar-refractivity contribution in [3.8, 4) is 22.6 Å². The maximum Gasteiger partial charge on any atom is 0.257 e. The van der Waals surface area contributed by atoms with Gasteiger partial charge < -0.3 is 20.1 Å². The molecule has 2 N–H and O–H groups in total. The molecular formula is C22H22N4O3. The molecule has 0 radical (unpaired) electrons. The highest BCUT2D eigenvalue weighted by atomic mass is 16.5. The number of phenols is 1. The standard InChI is InChI=1S/C22H22N4O3/c1-14-3-5-15(6-4-14)16-9-17-13-26(7-8-29-20(17)19(27)10-16)21(28)18-11-24-22(23-2)25-12-18/h3-6,9-12,27H,7-8,13H2,1-2H3,(H,23,24,25). The van der Waals surface area contributed by atoms with E-state index in [9.17, 15) is 9.90 Å². The smallest absolute Gasteiger partial charge is 0.257 e. The van der Waals surface area contributed by atoms with Gasteiger partial charge >= 0.3 is 0 Å². The minimum Gasteiger partial charge on any atom is -0.504 e. The predicted molar refractivity (Wildman–Crippen MR) is 110 cm³/mol. The van der Waals surface area contributed by atoms with Gasteiger partial charge in [0.15, 0.2) is 11.5 Å². The van der Waals surface area contributed by atoms with Crippen LogP contribution >= 0.6 is 0 Å². The van der Waals surface area contributed by atoms with Crippen molar-refractivity contribution in [2.24, 2.45) is 0 Å². The second-order valence-corrected chi connectivity index (χ2v) is 6.97. The molecule has 29 heavy (non-hydrogen) atoms. The van der Waals surface area contributed by atoms with Gasteiger partial charge in [-0.05, 0) is 30.2 Å². The van der Waals surface area contributed by atoms with Crippen molar-refractivity contribution in [2.45, 2.75) is 13.5 Å². The lowest BCUT2D eigenvalue weighted by atomic mass is 10.0. The Morgan fingerprint density at radius 2 is 1.86 bits per heavy atom. The SMILES string of the molecule is CNc1ncc(C(=O)N2CCOc3c(O)cc(-c4ccc(C)cc4)cc3C2)cn1. The molecule has 2 heterocycles. The highest BCUT2D eigenvalue weighted by Crippen LogP contribution is 2.37. The number of ether oxygens (including phenoxy) is 1. The topological polar surface area (TPSA) is 87.6 Å². The predicted octanol–water partition coefficient (Wildman–Crippen LogP) is 3.23. The van der Waals surface area contributed by atoms with E-state index >= 15 is 0 Å². The van der Waals surface area contributed by atoms with Gasteiger partial charge in [-0.3, -0.25) is 4.79 Å². The summed E-state index contributed by atoms with van der Waals surface area (Å²) in [6, 6.07) is 11.7. The zero-order chi connectivity index (χ0) is 20.4. The first-order valence-electron chi connectivity index (χ1n) is 9.40. The molecular weight excluding hydrogens is 368 g/mol. The monoisotopic (exact) mass is 390 g/mol. The molecule has 3 aromatic rings. The fourth-order valence-corrected chi connectivity index (χ4v) is 3.34. The van der Waals surface area contributed by atoms with Gasteiger partial charge in [-0.1, -0.05) is 29.8 Å². The average Bonchev–Trinajstić information content (AvgIpc) is 2.97. The van der Waals surface area contributed by atoms with Crippen molar-refractivity contribution >= 4 is 11.9 Å². The van der Waals surface area contributed by atoms with E-state index in [-0.39, 0.29) is 11.7 Å². The lowest BCUT2D eigenvalue weighted by Crippen LogP contribution is -2.32. The van der Waals surface area contributed by atoms with Crippen LogP contribution in [0.2, 0.25) is 0 Å². The molecule has 0 atom stereocenters. The first-order valence-corrected chi connectivity index (χ1v) is 9.40. The van der Waals surface area contributed by atoms with Gasteiger partial charge in [0.25, 0.3) is 5.91 Å². The molecule has 7 heteroatoms. The summed E-state index contributed by atoms with van der Waals surface area (Å²) in [7, 11) is 1.72. The van der Waals surface area contributed by atoms with Gasteiger partial charge in [-0.25, -0.2) is 9.97 Å². The number of aromatic nitrogens is 2. The highest BCUT2D eigenvalue weighted by Gasteiger charge is 2.24. The van der Waals surface area contributed by atoms with Crippen molar-refractivity contribution in [3.05, 3.63) is 65.5 Å². The van der Waals surface area contributed by atoms with Crippen LogP contribution in [0.5, 0.6) is 11.5 Å². The molecule has 0 spiro atoms. The fourth-order valence-electron chi connectivity index (χ4n) is 3.34. The Labute approximate surface area is 169 Å². The molecule has 4 rings (SSSR count). The first-order chi connectivity index (χ1) is 14.0. The number of amides is 1. The maximum absolute atomic E-state index is 12.9. The van der Waals surface area contributed by atoms with Crippen molar-refractivity contribution in [1.82, 2.24) is 14.9 Å². The van der Waals surface area contributed by atoms with E-state index in [0.717, 1.165) is 16.7 Å². The van der Waals surface area contributed by atoms with Crippen LogP contribution in [-0.2, 0) is 6.54 Å². The molecule has 148 valence electrons. The number of benzene rings is 2. The van der Waals surface area contributed by atoms with Crippen LogP contribution in [0.15, 0.2) is 48.8 Å². The molecule has 1 aromatic heterocycles. The average molecular weight is 390 g/mol. The molecule has 0 aliphatic carbocycles. The Morgan fingerprint density at radius 3 is 2.55 bits per heavy atom. The van der Waals surface area contributed by atoms with Crippen LogP contribution in [0, 0.1) is 6.92 Å². The Morgan fingerprint density at radius 1 is 1.14 bits per heavy atom. The number of anilines is 1. The molecule has 0 bridgehead atoms. The number of nitrogens with zero attached hydrogens (tertiary/aromatic N) is 3. The number of phenolic OH excluding ortho intramolecular Hbond substituents is 1. The number of rotatable bonds is 3. The largest absolute Gasteiger partial charge is 0.504 e. The zero-order valence-electron chi connectivity index (χ0n) is 16.3. The second kappa shape index (κ2) is 7.79. The Kier molecular flexibility index (Phi) is 5.03. The summed E-state index contributed by atoms with van der Waals surface area (Å²) in [6.07, 6.45) is 3.02. The van der Waals surface area contributed by atoms with Crippen LogP contribution in [0.25, 0.3) is 11.1 Å². The Bertz CT molecular complexity index is 1030. The van der Waals surface area contributed by atoms with E-state index in [1.807, 2.05) is 37.3 Å². The van der Waals surface area contributed by atoms with E-state index in [1.165, 1.54) is 18.0 Å². The van der Waals surface area contributed by atoms with E-state index < -0.39 is 0 Å². The Balaban J connectivity index is 1.64. The van der Waals surface area contributed by atoms with Gasteiger partial charge in [0.2, 0.25) is 5.95 Å². The van der Waals surface area contributed by atoms with Crippen LogP contribution < -0.4 is 10.1 Å². The van der Waals surface area contributed by atoms with Crippen LogP contribution in [0.3, 0.4) is 0 Å². The van der Waals surface area contributed by atoms with Gasteiger partial charge in [-0.2, -0.15) is 0 Å². The highest BCUT2D eigenvalue weighted by molar-refractivity contribution is 5.93.